The number of hydrogen-bond acceptors (Lipinski definition) is 2. The second kappa shape index (κ2) is 5.29. The van der Waals surface area contributed by atoms with E-state index in [-0.39, 0.29) is 11.5 Å². The quantitative estimate of drug-likeness (QED) is 0.673. The third kappa shape index (κ3) is 2.87. The Morgan fingerprint density at radius 1 is 0.667 bits per heavy atom. The summed E-state index contributed by atoms with van der Waals surface area (Å²) in [7, 11) is 0. The van der Waals surface area contributed by atoms with Gasteiger partial charge in [0.1, 0.15) is 11.5 Å². The lowest BCUT2D eigenvalue weighted by molar-refractivity contribution is 0.475. The van der Waals surface area contributed by atoms with Crippen molar-refractivity contribution < 1.29 is 14.6 Å². The molecule has 3 rings (SSSR count). The normalized spacial score (nSPS) is 10.5. The van der Waals surface area contributed by atoms with Gasteiger partial charge < -0.3 is 10.2 Å². The maximum atomic E-state index is 9.37. The molecular weight excluding hydrogens is 264 g/mol. The van der Waals surface area contributed by atoms with E-state index in [0.717, 1.165) is 28.2 Å². The van der Waals surface area contributed by atoms with Crippen molar-refractivity contribution in [1.29, 1.82) is 0 Å². The Balaban J connectivity index is 2.07. The van der Waals surface area contributed by atoms with Crippen molar-refractivity contribution in [2.24, 2.45) is 0 Å². The Kier molecular flexibility index (Phi) is 3.32. The topological polar surface area (TPSA) is 51.8 Å². The van der Waals surface area contributed by atoms with Crippen LogP contribution in [-0.4, -0.2) is 10.2 Å². The van der Waals surface area contributed by atoms with Gasteiger partial charge in [-0.1, -0.05) is 12.1 Å². The summed E-state index contributed by atoms with van der Waals surface area (Å²) in [6.45, 7) is 1.90. The fourth-order valence-corrected chi connectivity index (χ4v) is 2.22. The maximum Gasteiger partial charge on any atom is 0.360 e. The molecule has 2 aromatic carbocycles. The molecule has 0 bridgehead atoms. The first-order chi connectivity index (χ1) is 10.1. The number of aryl methyl sites for hydroxylation is 1. The summed E-state index contributed by atoms with van der Waals surface area (Å²) < 4.78 is 5.76. The summed E-state index contributed by atoms with van der Waals surface area (Å²) in [4.78, 5) is 0. The highest BCUT2D eigenvalue weighted by Gasteiger charge is 2.16. The fourth-order valence-electron chi connectivity index (χ4n) is 2.22. The summed E-state index contributed by atoms with van der Waals surface area (Å²) in [6.07, 6.45) is 0. The molecule has 104 valence electrons. The van der Waals surface area contributed by atoms with E-state index < -0.39 is 0 Å². The molecule has 3 heteroatoms. The van der Waals surface area contributed by atoms with Crippen LogP contribution in [-0.2, 0) is 0 Å². The van der Waals surface area contributed by atoms with Crippen LogP contribution >= 0.6 is 0 Å². The number of hydrogen-bond donors (Lipinski definition) is 2. The van der Waals surface area contributed by atoms with Crippen LogP contribution in [0.2, 0.25) is 0 Å². The minimum Gasteiger partial charge on any atom is -0.508 e. The van der Waals surface area contributed by atoms with E-state index in [0.29, 0.717) is 0 Å². The van der Waals surface area contributed by atoms with Crippen LogP contribution in [0.3, 0.4) is 0 Å². The lowest BCUT2D eigenvalue weighted by atomic mass is 10.0. The molecule has 1 heterocycles. The summed E-state index contributed by atoms with van der Waals surface area (Å²) in [6, 6.07) is 17.9. The monoisotopic (exact) mass is 279 g/mol. The van der Waals surface area contributed by atoms with Crippen molar-refractivity contribution in [3.63, 3.8) is 0 Å². The summed E-state index contributed by atoms with van der Waals surface area (Å²) in [5.41, 5.74) is 2.92. The first kappa shape index (κ1) is 13.2. The lowest BCUT2D eigenvalue weighted by Crippen LogP contribution is -1.84. The van der Waals surface area contributed by atoms with E-state index in [9.17, 15) is 10.2 Å². The van der Waals surface area contributed by atoms with Gasteiger partial charge in [-0.05, 0) is 42.0 Å². The van der Waals surface area contributed by atoms with Gasteiger partial charge in [0, 0.05) is 11.6 Å². The Morgan fingerprint density at radius 2 is 1.19 bits per heavy atom. The van der Waals surface area contributed by atoms with Crippen LogP contribution in [0.4, 0.5) is 0 Å². The van der Waals surface area contributed by atoms with Gasteiger partial charge in [-0.2, -0.15) is 0 Å². The average Bonchev–Trinajstić information content (AvgIpc) is 2.48. The van der Waals surface area contributed by atoms with Gasteiger partial charge >= 0.3 is 11.5 Å². The van der Waals surface area contributed by atoms with Gasteiger partial charge in [0.2, 0.25) is 0 Å². The van der Waals surface area contributed by atoms with Crippen molar-refractivity contribution in [2.45, 2.75) is 6.92 Å². The number of aromatic hydroxyl groups is 2. The van der Waals surface area contributed by atoms with Crippen molar-refractivity contribution in [2.75, 3.05) is 0 Å². The van der Waals surface area contributed by atoms with Gasteiger partial charge in [-0.25, -0.2) is 4.42 Å². The van der Waals surface area contributed by atoms with Crippen LogP contribution < -0.4 is 0 Å². The standard InChI is InChI=1S/C18H14O3/c1-12-10-15(13-2-6-16(19)7-3-13)11-18(21-12)14-4-8-17(20)9-5-14/h2-11H,1H3,(H-,19,20)/p+1. The van der Waals surface area contributed by atoms with E-state index in [1.165, 1.54) is 0 Å². The van der Waals surface area contributed by atoms with Gasteiger partial charge in [0.05, 0.1) is 18.6 Å². The zero-order chi connectivity index (χ0) is 14.8. The van der Waals surface area contributed by atoms with Crippen LogP contribution in [0, 0.1) is 6.92 Å². The van der Waals surface area contributed by atoms with E-state index in [4.69, 9.17) is 4.42 Å². The third-order valence-corrected chi connectivity index (χ3v) is 3.27. The van der Waals surface area contributed by atoms with Crippen LogP contribution in [0.5, 0.6) is 11.5 Å². The van der Waals surface area contributed by atoms with Crippen LogP contribution in [0.15, 0.2) is 65.1 Å². The number of benzene rings is 2. The highest BCUT2D eigenvalue weighted by Crippen LogP contribution is 2.29. The second-order valence-electron chi connectivity index (χ2n) is 4.91. The molecule has 3 nitrogen and oxygen atoms in total. The molecule has 0 fully saturated rings. The second-order valence-corrected chi connectivity index (χ2v) is 4.91. The van der Waals surface area contributed by atoms with Crippen molar-refractivity contribution >= 4 is 0 Å². The molecular formula is C18H15O3+. The largest absolute Gasteiger partial charge is 0.508 e. The molecule has 0 saturated carbocycles. The molecule has 1 aromatic heterocycles. The third-order valence-electron chi connectivity index (χ3n) is 3.27. The Morgan fingerprint density at radius 3 is 1.76 bits per heavy atom. The highest BCUT2D eigenvalue weighted by atomic mass is 16.3. The zero-order valence-corrected chi connectivity index (χ0v) is 11.6. The molecule has 21 heavy (non-hydrogen) atoms. The zero-order valence-electron chi connectivity index (χ0n) is 11.6. The molecule has 0 aliphatic rings. The van der Waals surface area contributed by atoms with E-state index in [1.54, 1.807) is 24.3 Å². The molecule has 0 unspecified atom stereocenters. The molecule has 0 aliphatic heterocycles. The van der Waals surface area contributed by atoms with Gasteiger partial charge in [0.15, 0.2) is 0 Å². The smallest absolute Gasteiger partial charge is 0.360 e. The van der Waals surface area contributed by atoms with Crippen LogP contribution in [0.25, 0.3) is 22.5 Å². The van der Waals surface area contributed by atoms with E-state index in [1.807, 2.05) is 43.3 Å². The minimum absolute atomic E-state index is 0.227. The fraction of sp³-hybridized carbons (Fsp3) is 0.0556. The SMILES string of the molecule is Cc1cc(-c2ccc(O)cc2)cc(-c2ccc(O)cc2)[o+]1. The number of rotatable bonds is 2. The molecule has 2 N–H and O–H groups in total. The average molecular weight is 279 g/mol. The predicted molar refractivity (Wildman–Crippen MR) is 82.1 cm³/mol. The summed E-state index contributed by atoms with van der Waals surface area (Å²) in [5.74, 6) is 2.00. The van der Waals surface area contributed by atoms with Crippen LogP contribution in [0.1, 0.15) is 5.76 Å². The minimum atomic E-state index is 0.227. The molecule has 0 saturated heterocycles. The molecule has 0 atom stereocenters. The van der Waals surface area contributed by atoms with Gasteiger partial charge in [-0.3, -0.25) is 0 Å². The number of phenolic OH excluding ortho intramolecular Hbond substituents is 2. The Bertz CT molecular complexity index is 696. The Hall–Kier alpha value is -2.81. The van der Waals surface area contributed by atoms with Gasteiger partial charge in [0.25, 0.3) is 0 Å². The first-order valence-electron chi connectivity index (χ1n) is 6.65. The van der Waals surface area contributed by atoms with Crippen molar-refractivity contribution in [3.05, 3.63) is 66.4 Å². The van der Waals surface area contributed by atoms with E-state index in [2.05, 4.69) is 0 Å². The highest BCUT2D eigenvalue weighted by molar-refractivity contribution is 5.70. The summed E-state index contributed by atoms with van der Waals surface area (Å²) >= 11 is 0. The van der Waals surface area contributed by atoms with Crippen molar-refractivity contribution in [3.8, 4) is 33.9 Å². The van der Waals surface area contributed by atoms with E-state index >= 15 is 0 Å². The molecule has 0 spiro atoms. The Labute approximate surface area is 122 Å². The first-order valence-corrected chi connectivity index (χ1v) is 6.65. The predicted octanol–water partition coefficient (Wildman–Crippen LogP) is 4.61. The summed E-state index contributed by atoms with van der Waals surface area (Å²) in [5, 5.41) is 18.7. The molecule has 0 radical (unpaired) electrons. The van der Waals surface area contributed by atoms with Crippen molar-refractivity contribution in [1.82, 2.24) is 0 Å². The van der Waals surface area contributed by atoms with Gasteiger partial charge in [-0.15, -0.1) is 0 Å². The molecule has 3 aromatic rings. The lowest BCUT2D eigenvalue weighted by Gasteiger charge is -2.01. The number of phenols is 2. The molecule has 0 aliphatic carbocycles. The maximum absolute atomic E-state index is 9.37. The molecule has 0 amide bonds.